The van der Waals surface area contributed by atoms with E-state index in [4.69, 9.17) is 0 Å². The molecule has 0 aliphatic rings. The van der Waals surface area contributed by atoms with Crippen molar-refractivity contribution in [2.45, 2.75) is 19.1 Å². The molecule has 1 N–H and O–H groups in total. The van der Waals surface area contributed by atoms with Crippen LogP contribution in [0, 0.1) is 0 Å². The largest absolute Gasteiger partial charge is 0.383 e. The van der Waals surface area contributed by atoms with Gasteiger partial charge in [0.25, 0.3) is 5.91 Å². The summed E-state index contributed by atoms with van der Waals surface area (Å²) in [5, 5.41) is 9.66. The van der Waals surface area contributed by atoms with Crippen LogP contribution in [0.1, 0.15) is 12.1 Å². The Morgan fingerprint density at radius 1 is 1.59 bits per heavy atom. The van der Waals surface area contributed by atoms with Gasteiger partial charge in [0, 0.05) is 19.4 Å². The maximum absolute atomic E-state index is 11.8. The van der Waals surface area contributed by atoms with Gasteiger partial charge in [0.05, 0.1) is 18.4 Å². The van der Waals surface area contributed by atoms with E-state index in [9.17, 15) is 9.90 Å². The average molecular weight is 255 g/mol. The second-order valence-electron chi connectivity index (χ2n) is 3.69. The second kappa shape index (κ2) is 7.24. The lowest BCUT2D eigenvalue weighted by atomic mass is 10.2. The highest BCUT2D eigenvalue weighted by atomic mass is 32.2. The van der Waals surface area contributed by atoms with Crippen molar-refractivity contribution in [1.82, 2.24) is 14.9 Å². The molecule has 1 aromatic heterocycles. The number of amides is 1. The number of hydrogen-bond acceptors (Lipinski definition) is 5. The predicted octanol–water partition coefficient (Wildman–Crippen LogP) is 0.549. The second-order valence-corrected chi connectivity index (χ2v) is 4.67. The highest BCUT2D eigenvalue weighted by Crippen LogP contribution is 2.05. The minimum absolute atomic E-state index is 0.273. The quantitative estimate of drug-likeness (QED) is 0.804. The Morgan fingerprint density at radius 3 is 2.94 bits per heavy atom. The highest BCUT2D eigenvalue weighted by Gasteiger charge is 2.19. The SMILES string of the molecule is CSCC[C@@H](O)C(=O)N(C)Cc1cnccn1. The zero-order chi connectivity index (χ0) is 12.7. The number of hydrogen-bond donors (Lipinski definition) is 1. The van der Waals surface area contributed by atoms with Crippen molar-refractivity contribution >= 4 is 17.7 Å². The van der Waals surface area contributed by atoms with Crippen molar-refractivity contribution in [1.29, 1.82) is 0 Å². The first kappa shape index (κ1) is 13.9. The smallest absolute Gasteiger partial charge is 0.251 e. The lowest BCUT2D eigenvalue weighted by Gasteiger charge is -2.19. The molecule has 0 spiro atoms. The van der Waals surface area contributed by atoms with Crippen LogP contribution in [-0.4, -0.2) is 51.0 Å². The first-order valence-corrected chi connectivity index (χ1v) is 6.71. The third-order valence-corrected chi connectivity index (χ3v) is 2.92. The summed E-state index contributed by atoms with van der Waals surface area (Å²) in [5.74, 6) is 0.496. The number of aromatic nitrogens is 2. The van der Waals surface area contributed by atoms with Crippen molar-refractivity contribution in [3.8, 4) is 0 Å². The van der Waals surface area contributed by atoms with Gasteiger partial charge in [0.1, 0.15) is 6.10 Å². The van der Waals surface area contributed by atoms with Crippen LogP contribution in [0.4, 0.5) is 0 Å². The number of carbonyl (C=O) groups excluding carboxylic acids is 1. The number of carbonyl (C=O) groups is 1. The van der Waals surface area contributed by atoms with Crippen molar-refractivity contribution in [3.05, 3.63) is 24.3 Å². The van der Waals surface area contributed by atoms with Crippen LogP contribution in [0.15, 0.2) is 18.6 Å². The summed E-state index contributed by atoms with van der Waals surface area (Å²) in [6.45, 7) is 0.364. The molecule has 0 aromatic carbocycles. The molecule has 17 heavy (non-hydrogen) atoms. The van der Waals surface area contributed by atoms with Crippen molar-refractivity contribution < 1.29 is 9.90 Å². The highest BCUT2D eigenvalue weighted by molar-refractivity contribution is 7.98. The molecular weight excluding hydrogens is 238 g/mol. The lowest BCUT2D eigenvalue weighted by Crippen LogP contribution is -2.36. The van der Waals surface area contributed by atoms with Crippen molar-refractivity contribution in [3.63, 3.8) is 0 Å². The molecule has 0 aliphatic heterocycles. The summed E-state index contributed by atoms with van der Waals surface area (Å²) in [7, 11) is 1.65. The molecule has 1 heterocycles. The van der Waals surface area contributed by atoms with Gasteiger partial charge in [-0.15, -0.1) is 0 Å². The zero-order valence-electron chi connectivity index (χ0n) is 10.0. The molecule has 0 unspecified atom stereocenters. The molecule has 0 aliphatic carbocycles. The van der Waals surface area contributed by atoms with Crippen molar-refractivity contribution in [2.24, 2.45) is 0 Å². The Bertz CT molecular complexity index is 348. The van der Waals surface area contributed by atoms with E-state index >= 15 is 0 Å². The lowest BCUT2D eigenvalue weighted by molar-refractivity contribution is -0.139. The van der Waals surface area contributed by atoms with Crippen LogP contribution in [0.2, 0.25) is 0 Å². The monoisotopic (exact) mass is 255 g/mol. The molecule has 1 aromatic rings. The van der Waals surface area contributed by atoms with Crippen LogP contribution in [0.5, 0.6) is 0 Å². The van der Waals surface area contributed by atoms with Gasteiger partial charge in [0.15, 0.2) is 0 Å². The van der Waals surface area contributed by atoms with E-state index in [2.05, 4.69) is 9.97 Å². The summed E-state index contributed by atoms with van der Waals surface area (Å²) in [6.07, 6.45) is 6.27. The Labute approximate surface area is 105 Å². The number of aliphatic hydroxyl groups excluding tert-OH is 1. The number of rotatable bonds is 6. The van der Waals surface area contributed by atoms with Gasteiger partial charge in [-0.05, 0) is 18.4 Å². The number of likely N-dealkylation sites (N-methyl/N-ethyl adjacent to an activating group) is 1. The van der Waals surface area contributed by atoms with Gasteiger partial charge < -0.3 is 10.0 Å². The first-order valence-electron chi connectivity index (χ1n) is 5.32. The molecule has 94 valence electrons. The fourth-order valence-corrected chi connectivity index (χ4v) is 1.80. The fraction of sp³-hybridized carbons (Fsp3) is 0.545. The molecule has 5 nitrogen and oxygen atoms in total. The summed E-state index contributed by atoms with van der Waals surface area (Å²) in [5.41, 5.74) is 0.709. The van der Waals surface area contributed by atoms with E-state index in [0.29, 0.717) is 18.7 Å². The third-order valence-electron chi connectivity index (χ3n) is 2.27. The third kappa shape index (κ3) is 4.70. The summed E-state index contributed by atoms with van der Waals surface area (Å²) in [4.78, 5) is 21.2. The van der Waals surface area contributed by atoms with E-state index in [1.165, 1.54) is 4.90 Å². The van der Waals surface area contributed by atoms with Crippen molar-refractivity contribution in [2.75, 3.05) is 19.1 Å². The maximum atomic E-state index is 11.8. The van der Waals surface area contributed by atoms with Crippen LogP contribution >= 0.6 is 11.8 Å². The Balaban J connectivity index is 2.47. The fourth-order valence-electron chi connectivity index (χ4n) is 1.34. The first-order chi connectivity index (χ1) is 8.15. The Kier molecular flexibility index (Phi) is 5.93. The standard InChI is InChI=1S/C11H17N3O2S/c1-14(8-9-7-12-4-5-13-9)11(16)10(15)3-6-17-2/h4-5,7,10,15H,3,6,8H2,1-2H3/t10-/m1/s1. The van der Waals surface area contributed by atoms with Gasteiger partial charge in [0.2, 0.25) is 0 Å². The van der Waals surface area contributed by atoms with E-state index < -0.39 is 6.10 Å². The van der Waals surface area contributed by atoms with Gasteiger partial charge in [-0.1, -0.05) is 0 Å². The van der Waals surface area contributed by atoms with Gasteiger partial charge in [-0.3, -0.25) is 14.8 Å². The molecule has 0 radical (unpaired) electrons. The molecule has 0 bridgehead atoms. The topological polar surface area (TPSA) is 66.3 Å². The van der Waals surface area contributed by atoms with Crippen LogP contribution in [0.3, 0.4) is 0 Å². The predicted molar refractivity (Wildman–Crippen MR) is 67.5 cm³/mol. The Morgan fingerprint density at radius 2 is 2.35 bits per heavy atom. The van der Waals surface area contributed by atoms with Gasteiger partial charge in [-0.25, -0.2) is 0 Å². The average Bonchev–Trinajstić information content (AvgIpc) is 2.36. The van der Waals surface area contributed by atoms with Crippen LogP contribution < -0.4 is 0 Å². The van der Waals surface area contributed by atoms with E-state index in [-0.39, 0.29) is 5.91 Å². The molecule has 0 saturated carbocycles. The summed E-state index contributed by atoms with van der Waals surface area (Å²) in [6, 6.07) is 0. The minimum atomic E-state index is -0.927. The number of nitrogens with zero attached hydrogens (tertiary/aromatic N) is 3. The summed E-state index contributed by atoms with van der Waals surface area (Å²) < 4.78 is 0. The normalized spacial score (nSPS) is 12.2. The number of thioether (sulfide) groups is 1. The molecule has 6 heteroatoms. The molecule has 1 amide bonds. The molecule has 1 atom stereocenters. The molecule has 0 saturated heterocycles. The van der Waals surface area contributed by atoms with E-state index in [1.807, 2.05) is 6.26 Å². The van der Waals surface area contributed by atoms with Crippen LogP contribution in [0.25, 0.3) is 0 Å². The van der Waals surface area contributed by atoms with Gasteiger partial charge >= 0.3 is 0 Å². The molecule has 0 fully saturated rings. The zero-order valence-corrected chi connectivity index (χ0v) is 10.9. The van der Waals surface area contributed by atoms with Gasteiger partial charge in [-0.2, -0.15) is 11.8 Å². The molecule has 1 rings (SSSR count). The maximum Gasteiger partial charge on any atom is 0.251 e. The van der Waals surface area contributed by atoms with Crippen LogP contribution in [-0.2, 0) is 11.3 Å². The molecular formula is C11H17N3O2S. The van der Waals surface area contributed by atoms with E-state index in [0.717, 1.165) is 5.75 Å². The minimum Gasteiger partial charge on any atom is -0.383 e. The summed E-state index contributed by atoms with van der Waals surface area (Å²) >= 11 is 1.61. The van der Waals surface area contributed by atoms with E-state index in [1.54, 1.807) is 37.4 Å². The number of aliphatic hydroxyl groups is 1. The Hall–Kier alpha value is -1.14.